The molecule has 0 aliphatic heterocycles. The van der Waals surface area contributed by atoms with Gasteiger partial charge in [0.05, 0.1) is 11.6 Å². The van der Waals surface area contributed by atoms with Crippen molar-refractivity contribution in [2.45, 2.75) is 32.1 Å². The van der Waals surface area contributed by atoms with Gasteiger partial charge in [-0.1, -0.05) is 18.2 Å². The number of hydrogen-bond donors (Lipinski definition) is 2. The van der Waals surface area contributed by atoms with Crippen LogP contribution in [0.15, 0.2) is 48.5 Å². The third-order valence-corrected chi connectivity index (χ3v) is 5.40. The summed E-state index contributed by atoms with van der Waals surface area (Å²) in [5, 5.41) is 14.6. The van der Waals surface area contributed by atoms with Crippen molar-refractivity contribution in [1.82, 2.24) is 5.32 Å². The lowest BCUT2D eigenvalue weighted by molar-refractivity contribution is -0.128. The minimum absolute atomic E-state index is 0.0210. The zero-order valence-electron chi connectivity index (χ0n) is 16.2. The van der Waals surface area contributed by atoms with Crippen molar-refractivity contribution in [3.05, 3.63) is 65.5 Å². The van der Waals surface area contributed by atoms with E-state index in [4.69, 9.17) is 5.26 Å². The van der Waals surface area contributed by atoms with Gasteiger partial charge in [0.2, 0.25) is 11.8 Å². The summed E-state index contributed by atoms with van der Waals surface area (Å²) >= 11 is 0. The van der Waals surface area contributed by atoms with Gasteiger partial charge in [0.25, 0.3) is 0 Å². The molecule has 1 aliphatic rings. The molecule has 1 aliphatic carbocycles. The number of rotatable bonds is 6. The van der Waals surface area contributed by atoms with E-state index in [0.29, 0.717) is 55.5 Å². The first-order valence-electron chi connectivity index (χ1n) is 9.89. The van der Waals surface area contributed by atoms with E-state index in [1.165, 1.54) is 6.07 Å². The molecule has 0 heterocycles. The van der Waals surface area contributed by atoms with Crippen molar-refractivity contribution in [3.63, 3.8) is 0 Å². The second-order valence-electron chi connectivity index (χ2n) is 7.36. The van der Waals surface area contributed by atoms with Gasteiger partial charge >= 0.3 is 0 Å². The topological polar surface area (TPSA) is 82.0 Å². The first-order valence-corrected chi connectivity index (χ1v) is 9.89. The molecule has 3 rings (SSSR count). The van der Waals surface area contributed by atoms with E-state index < -0.39 is 0 Å². The SMILES string of the molecule is N#Cc1ccc(NC(=O)C2CCC(C(=O)NCCc3ccccc3F)CC2)cc1. The number of anilines is 1. The van der Waals surface area contributed by atoms with Crippen molar-refractivity contribution >= 4 is 17.5 Å². The third-order valence-electron chi connectivity index (χ3n) is 5.40. The second-order valence-corrected chi connectivity index (χ2v) is 7.36. The molecule has 5 nitrogen and oxygen atoms in total. The zero-order chi connectivity index (χ0) is 20.6. The van der Waals surface area contributed by atoms with Crippen molar-refractivity contribution < 1.29 is 14.0 Å². The van der Waals surface area contributed by atoms with Crippen LogP contribution in [0.5, 0.6) is 0 Å². The predicted molar refractivity (Wildman–Crippen MR) is 108 cm³/mol. The van der Waals surface area contributed by atoms with Crippen molar-refractivity contribution in [2.75, 3.05) is 11.9 Å². The molecule has 2 aromatic rings. The molecule has 0 atom stereocenters. The third kappa shape index (κ3) is 5.64. The van der Waals surface area contributed by atoms with E-state index in [0.717, 1.165) is 0 Å². The van der Waals surface area contributed by atoms with Crippen LogP contribution in [0, 0.1) is 29.0 Å². The van der Waals surface area contributed by atoms with Crippen LogP contribution < -0.4 is 10.6 Å². The predicted octanol–water partition coefficient (Wildman–Crippen LogP) is 3.80. The quantitative estimate of drug-likeness (QED) is 0.783. The van der Waals surface area contributed by atoms with Gasteiger partial charge in [-0.25, -0.2) is 4.39 Å². The molecule has 0 radical (unpaired) electrons. The molecule has 0 unspecified atom stereocenters. The molecule has 150 valence electrons. The number of halogens is 1. The molecule has 0 aromatic heterocycles. The first-order chi connectivity index (χ1) is 14.1. The van der Waals surface area contributed by atoms with Crippen LogP contribution in [-0.4, -0.2) is 18.4 Å². The van der Waals surface area contributed by atoms with Crippen molar-refractivity contribution in [1.29, 1.82) is 5.26 Å². The minimum atomic E-state index is -0.254. The Hall–Kier alpha value is -3.20. The average Bonchev–Trinajstić information content (AvgIpc) is 2.75. The Balaban J connectivity index is 1.41. The average molecular weight is 393 g/mol. The highest BCUT2D eigenvalue weighted by molar-refractivity contribution is 5.92. The standard InChI is InChI=1S/C23H24FN3O2/c24-21-4-2-1-3-17(21)13-14-26-22(28)18-7-9-19(10-8-18)23(29)27-20-11-5-16(15-25)6-12-20/h1-6,11-12,18-19H,7-10,13-14H2,(H,26,28)(H,27,29). The van der Waals surface area contributed by atoms with E-state index in [-0.39, 0.29) is 29.5 Å². The van der Waals surface area contributed by atoms with Gasteiger partial charge in [0, 0.05) is 24.1 Å². The van der Waals surface area contributed by atoms with Crippen LogP contribution in [0.3, 0.4) is 0 Å². The smallest absolute Gasteiger partial charge is 0.227 e. The summed E-state index contributed by atoms with van der Waals surface area (Å²) < 4.78 is 13.6. The highest BCUT2D eigenvalue weighted by atomic mass is 19.1. The summed E-state index contributed by atoms with van der Waals surface area (Å²) in [7, 11) is 0. The highest BCUT2D eigenvalue weighted by Crippen LogP contribution is 2.30. The normalized spacial score (nSPS) is 18.5. The fraction of sp³-hybridized carbons (Fsp3) is 0.348. The molecular weight excluding hydrogens is 369 g/mol. The number of hydrogen-bond acceptors (Lipinski definition) is 3. The molecule has 1 saturated carbocycles. The fourth-order valence-electron chi connectivity index (χ4n) is 3.66. The maximum Gasteiger partial charge on any atom is 0.227 e. The molecule has 1 fully saturated rings. The second kappa shape index (κ2) is 9.83. The van der Waals surface area contributed by atoms with Gasteiger partial charge in [0.15, 0.2) is 0 Å². The summed E-state index contributed by atoms with van der Waals surface area (Å²) in [4.78, 5) is 24.8. The highest BCUT2D eigenvalue weighted by Gasteiger charge is 2.29. The maximum absolute atomic E-state index is 13.6. The summed E-state index contributed by atoms with van der Waals surface area (Å²) in [5.74, 6) is -0.543. The van der Waals surface area contributed by atoms with Gasteiger partial charge in [0.1, 0.15) is 5.82 Å². The lowest BCUT2D eigenvalue weighted by Crippen LogP contribution is -2.36. The molecular formula is C23H24FN3O2. The van der Waals surface area contributed by atoms with E-state index >= 15 is 0 Å². The van der Waals surface area contributed by atoms with Crippen LogP contribution in [0.1, 0.15) is 36.8 Å². The zero-order valence-corrected chi connectivity index (χ0v) is 16.2. The summed E-state index contributed by atoms with van der Waals surface area (Å²) in [6.07, 6.45) is 3.11. The van der Waals surface area contributed by atoms with Gasteiger partial charge < -0.3 is 10.6 Å². The van der Waals surface area contributed by atoms with Gasteiger partial charge in [-0.15, -0.1) is 0 Å². The van der Waals surface area contributed by atoms with Gasteiger partial charge in [-0.2, -0.15) is 5.26 Å². The molecule has 2 aromatic carbocycles. The van der Waals surface area contributed by atoms with Gasteiger partial charge in [-0.05, 0) is 68.0 Å². The molecule has 2 amide bonds. The number of benzene rings is 2. The Morgan fingerprint density at radius 2 is 1.59 bits per heavy atom. The van der Waals surface area contributed by atoms with E-state index in [1.807, 2.05) is 6.07 Å². The Kier molecular flexibility index (Phi) is 6.96. The molecule has 6 heteroatoms. The van der Waals surface area contributed by atoms with Crippen LogP contribution in [-0.2, 0) is 16.0 Å². The van der Waals surface area contributed by atoms with E-state index in [2.05, 4.69) is 10.6 Å². The molecule has 0 saturated heterocycles. The summed E-state index contributed by atoms with van der Waals surface area (Å²) in [5.41, 5.74) is 1.81. The van der Waals surface area contributed by atoms with Crippen LogP contribution in [0.25, 0.3) is 0 Å². The number of nitriles is 1. The lowest BCUT2D eigenvalue weighted by Gasteiger charge is -2.27. The van der Waals surface area contributed by atoms with E-state index in [1.54, 1.807) is 42.5 Å². The Morgan fingerprint density at radius 3 is 2.21 bits per heavy atom. The van der Waals surface area contributed by atoms with Crippen LogP contribution in [0.2, 0.25) is 0 Å². The van der Waals surface area contributed by atoms with Crippen LogP contribution >= 0.6 is 0 Å². The number of carbonyl (C=O) groups is 2. The van der Waals surface area contributed by atoms with Gasteiger partial charge in [-0.3, -0.25) is 9.59 Å². The Morgan fingerprint density at radius 1 is 0.966 bits per heavy atom. The summed E-state index contributed by atoms with van der Waals surface area (Å²) in [6, 6.07) is 15.4. The van der Waals surface area contributed by atoms with Crippen LogP contribution in [0.4, 0.5) is 10.1 Å². The first kappa shape index (κ1) is 20.5. The largest absolute Gasteiger partial charge is 0.356 e. The monoisotopic (exact) mass is 393 g/mol. The maximum atomic E-state index is 13.6. The summed E-state index contributed by atoms with van der Waals surface area (Å²) in [6.45, 7) is 0.402. The Bertz CT molecular complexity index is 897. The minimum Gasteiger partial charge on any atom is -0.356 e. The van der Waals surface area contributed by atoms with Crippen molar-refractivity contribution in [3.8, 4) is 6.07 Å². The Labute approximate surface area is 169 Å². The van der Waals surface area contributed by atoms with E-state index in [9.17, 15) is 14.0 Å². The number of amides is 2. The lowest BCUT2D eigenvalue weighted by atomic mass is 9.81. The molecule has 29 heavy (non-hydrogen) atoms. The number of nitrogens with zero attached hydrogens (tertiary/aromatic N) is 1. The molecule has 2 N–H and O–H groups in total. The van der Waals surface area contributed by atoms with Crippen molar-refractivity contribution in [2.24, 2.45) is 11.8 Å². The number of carbonyl (C=O) groups excluding carboxylic acids is 2. The number of nitrogens with one attached hydrogen (secondary N) is 2. The molecule has 0 spiro atoms. The fourth-order valence-corrected chi connectivity index (χ4v) is 3.66. The molecule has 0 bridgehead atoms.